The van der Waals surface area contributed by atoms with Crippen LogP contribution >= 0.6 is 11.6 Å². The van der Waals surface area contributed by atoms with Crippen LogP contribution in [0, 0.1) is 23.7 Å². The summed E-state index contributed by atoms with van der Waals surface area (Å²) in [6.07, 6.45) is 1.35. The van der Waals surface area contributed by atoms with Gasteiger partial charge < -0.3 is 14.4 Å². The molecule has 2 atom stereocenters. The summed E-state index contributed by atoms with van der Waals surface area (Å²) in [5.74, 6) is -1.13. The number of nitriles is 1. The number of carboxylic acids is 1. The number of carbonyl (C=O) groups is 1. The van der Waals surface area contributed by atoms with Crippen molar-refractivity contribution in [2.75, 3.05) is 7.11 Å². The lowest BCUT2D eigenvalue weighted by atomic mass is 9.74. The first-order chi connectivity index (χ1) is 15.5. The number of carboxylic acid groups (broad SMARTS) is 1. The molecule has 0 spiro atoms. The maximum Gasteiger partial charge on any atom is 0.327 e. The van der Waals surface area contributed by atoms with Crippen molar-refractivity contribution >= 4 is 17.6 Å². The van der Waals surface area contributed by atoms with E-state index >= 15 is 0 Å². The van der Waals surface area contributed by atoms with Crippen molar-refractivity contribution in [3.8, 4) is 22.9 Å². The fourth-order valence-corrected chi connectivity index (χ4v) is 4.16. The van der Waals surface area contributed by atoms with Crippen LogP contribution in [-0.2, 0) is 4.79 Å². The van der Waals surface area contributed by atoms with Gasteiger partial charge in [0.2, 0.25) is 0 Å². The Morgan fingerprint density at radius 2 is 1.97 bits per heavy atom. The van der Waals surface area contributed by atoms with E-state index in [-0.39, 0.29) is 5.75 Å². The first kappa shape index (κ1) is 24.1. The topological polar surface area (TPSA) is 118 Å². The molecular weight excluding hydrogens is 446 g/mol. The average Bonchev–Trinajstić information content (AvgIpc) is 3.16. The van der Waals surface area contributed by atoms with Crippen molar-refractivity contribution in [2.45, 2.75) is 39.7 Å². The van der Waals surface area contributed by atoms with Crippen molar-refractivity contribution in [1.29, 1.82) is 5.26 Å². The molecule has 8 nitrogen and oxygen atoms in total. The number of aryl methyl sites for hydroxylation is 1. The first-order valence-electron chi connectivity index (χ1n) is 10.1. The highest BCUT2D eigenvalue weighted by atomic mass is 35.5. The summed E-state index contributed by atoms with van der Waals surface area (Å²) in [6, 6.07) is 8.40. The Balaban J connectivity index is 2.27. The molecule has 0 aliphatic rings. The van der Waals surface area contributed by atoms with Gasteiger partial charge in [0.25, 0.3) is 5.56 Å². The van der Waals surface area contributed by atoms with Gasteiger partial charge in [0.1, 0.15) is 17.6 Å². The predicted molar refractivity (Wildman–Crippen MR) is 123 cm³/mol. The van der Waals surface area contributed by atoms with Crippen LogP contribution in [0.4, 0.5) is 0 Å². The SMILES string of the molecule is COc1cn(C(C(=O)O)C(c2cc(C)on2)C(C)(C)C)c(=O)cc1-c1cc(Cl)ccc1C#N. The van der Waals surface area contributed by atoms with Crippen LogP contribution in [0.3, 0.4) is 0 Å². The summed E-state index contributed by atoms with van der Waals surface area (Å²) >= 11 is 6.12. The monoisotopic (exact) mass is 469 g/mol. The van der Waals surface area contributed by atoms with E-state index < -0.39 is 28.9 Å². The molecule has 0 saturated carbocycles. The van der Waals surface area contributed by atoms with Gasteiger partial charge in [-0.2, -0.15) is 5.26 Å². The normalized spacial score (nSPS) is 13.2. The van der Waals surface area contributed by atoms with Crippen LogP contribution in [0.2, 0.25) is 5.02 Å². The Kier molecular flexibility index (Phi) is 6.65. The van der Waals surface area contributed by atoms with Crippen LogP contribution in [0.5, 0.6) is 5.75 Å². The molecule has 1 aromatic carbocycles. The molecule has 9 heteroatoms. The van der Waals surface area contributed by atoms with Gasteiger partial charge in [-0.25, -0.2) is 4.79 Å². The zero-order chi connectivity index (χ0) is 24.5. The zero-order valence-corrected chi connectivity index (χ0v) is 19.7. The summed E-state index contributed by atoms with van der Waals surface area (Å²) in [7, 11) is 1.41. The molecular formula is C24H24ClN3O5. The fraction of sp³-hybridized carbons (Fsp3) is 0.333. The number of aromatic nitrogens is 2. The van der Waals surface area contributed by atoms with E-state index in [2.05, 4.69) is 11.2 Å². The minimum absolute atomic E-state index is 0.226. The van der Waals surface area contributed by atoms with E-state index in [9.17, 15) is 20.0 Å². The summed E-state index contributed by atoms with van der Waals surface area (Å²) in [5.41, 5.74) is 0.332. The molecule has 2 aromatic heterocycles. The summed E-state index contributed by atoms with van der Waals surface area (Å²) in [5, 5.41) is 24.1. The van der Waals surface area contributed by atoms with Crippen molar-refractivity contribution in [3.05, 3.63) is 68.9 Å². The lowest BCUT2D eigenvalue weighted by Gasteiger charge is -2.34. The number of ether oxygens (including phenoxy) is 1. The molecule has 3 aromatic rings. The van der Waals surface area contributed by atoms with Crippen LogP contribution in [0.25, 0.3) is 11.1 Å². The van der Waals surface area contributed by atoms with Crippen LogP contribution < -0.4 is 10.3 Å². The van der Waals surface area contributed by atoms with Crippen molar-refractivity contribution in [2.24, 2.45) is 5.41 Å². The van der Waals surface area contributed by atoms with Gasteiger partial charge in [-0.15, -0.1) is 0 Å². The molecule has 2 heterocycles. The molecule has 0 aliphatic heterocycles. The molecule has 3 rings (SSSR count). The quantitative estimate of drug-likeness (QED) is 0.550. The molecule has 1 N–H and O–H groups in total. The van der Waals surface area contributed by atoms with E-state index in [1.54, 1.807) is 31.2 Å². The molecule has 0 saturated heterocycles. The summed E-state index contributed by atoms with van der Waals surface area (Å²) in [4.78, 5) is 25.8. The first-order valence-corrected chi connectivity index (χ1v) is 10.5. The van der Waals surface area contributed by atoms with E-state index in [4.69, 9.17) is 20.9 Å². The standard InChI is InChI=1S/C24H24ClN3O5/c1-13-8-18(27-33-13)21(24(2,3)4)22(23(30)31)28-12-19(32-5)17(10-20(28)29)16-9-15(25)7-6-14(16)11-26/h6-10,12,21-22H,1-5H3,(H,30,31). The largest absolute Gasteiger partial charge is 0.495 e. The number of hydrogen-bond acceptors (Lipinski definition) is 6. The smallest absolute Gasteiger partial charge is 0.327 e. The predicted octanol–water partition coefficient (Wildman–Crippen LogP) is 4.80. The number of hydrogen-bond donors (Lipinski definition) is 1. The maximum atomic E-state index is 13.3. The third-order valence-electron chi connectivity index (χ3n) is 5.42. The molecule has 0 fully saturated rings. The van der Waals surface area contributed by atoms with Crippen LogP contribution in [-0.4, -0.2) is 27.9 Å². The van der Waals surface area contributed by atoms with Crippen molar-refractivity contribution in [1.82, 2.24) is 9.72 Å². The number of methoxy groups -OCH3 is 1. The Hall–Kier alpha value is -3.57. The fourth-order valence-electron chi connectivity index (χ4n) is 3.99. The highest BCUT2D eigenvalue weighted by Crippen LogP contribution is 2.43. The average molecular weight is 470 g/mol. The highest BCUT2D eigenvalue weighted by Gasteiger charge is 2.41. The number of rotatable bonds is 6. The number of aliphatic carboxylic acids is 1. The Morgan fingerprint density at radius 1 is 1.27 bits per heavy atom. The van der Waals surface area contributed by atoms with Gasteiger partial charge >= 0.3 is 5.97 Å². The molecule has 33 heavy (non-hydrogen) atoms. The number of halogens is 1. The minimum Gasteiger partial charge on any atom is -0.495 e. The molecule has 172 valence electrons. The van der Waals surface area contributed by atoms with Gasteiger partial charge in [-0.05, 0) is 30.5 Å². The van der Waals surface area contributed by atoms with E-state index in [1.807, 2.05) is 20.8 Å². The van der Waals surface area contributed by atoms with Crippen molar-refractivity contribution in [3.63, 3.8) is 0 Å². The molecule has 0 amide bonds. The van der Waals surface area contributed by atoms with E-state index in [0.29, 0.717) is 33.2 Å². The second-order valence-electron chi connectivity index (χ2n) is 8.79. The second-order valence-corrected chi connectivity index (χ2v) is 9.23. The number of pyridine rings is 1. The zero-order valence-electron chi connectivity index (χ0n) is 18.9. The Morgan fingerprint density at radius 3 is 2.48 bits per heavy atom. The molecule has 0 aliphatic carbocycles. The van der Waals surface area contributed by atoms with Gasteiger partial charge in [0.15, 0.2) is 0 Å². The van der Waals surface area contributed by atoms with Crippen LogP contribution in [0.15, 0.2) is 45.8 Å². The third kappa shape index (κ3) is 4.78. The summed E-state index contributed by atoms with van der Waals surface area (Å²) in [6.45, 7) is 7.34. The minimum atomic E-state index is -1.29. The van der Waals surface area contributed by atoms with Crippen molar-refractivity contribution < 1.29 is 19.2 Å². The second kappa shape index (κ2) is 9.12. The highest BCUT2D eigenvalue weighted by molar-refractivity contribution is 6.31. The molecule has 2 unspecified atom stereocenters. The van der Waals surface area contributed by atoms with E-state index in [1.165, 1.54) is 19.4 Å². The van der Waals surface area contributed by atoms with Gasteiger partial charge in [-0.1, -0.05) is 37.5 Å². The Bertz CT molecular complexity index is 1300. The van der Waals surface area contributed by atoms with Gasteiger partial charge in [0, 0.05) is 34.2 Å². The summed E-state index contributed by atoms with van der Waals surface area (Å²) < 4.78 is 11.8. The van der Waals surface area contributed by atoms with Gasteiger partial charge in [0.05, 0.1) is 30.6 Å². The van der Waals surface area contributed by atoms with E-state index in [0.717, 1.165) is 4.57 Å². The number of benzene rings is 1. The maximum absolute atomic E-state index is 13.3. The molecule has 0 bridgehead atoms. The van der Waals surface area contributed by atoms with Crippen LogP contribution in [0.1, 0.15) is 49.7 Å². The third-order valence-corrected chi connectivity index (χ3v) is 5.66. The Labute approximate surface area is 196 Å². The lowest BCUT2D eigenvalue weighted by Crippen LogP contribution is -2.38. The van der Waals surface area contributed by atoms with Gasteiger partial charge in [-0.3, -0.25) is 9.36 Å². The number of nitrogens with zero attached hydrogens (tertiary/aromatic N) is 3. The molecule has 0 radical (unpaired) electrons. The lowest BCUT2D eigenvalue weighted by molar-refractivity contribution is -0.143.